The molecule has 1 aliphatic rings. The molecule has 0 aromatic carbocycles. The van der Waals surface area contributed by atoms with E-state index in [2.05, 4.69) is 10.6 Å². The van der Waals surface area contributed by atoms with Crippen molar-refractivity contribution >= 4 is 17.7 Å². The number of hydrogen-bond donors (Lipinski definition) is 2. The summed E-state index contributed by atoms with van der Waals surface area (Å²) in [5, 5.41) is 5.56. The Bertz CT molecular complexity index is 304. The molecule has 0 saturated carbocycles. The third-order valence-electron chi connectivity index (χ3n) is 2.45. The SMILES string of the molecule is CCN1C(=O)CC(NCCNC(C)=O)C1=O. The smallest absolute Gasteiger partial charge is 0.246 e. The summed E-state index contributed by atoms with van der Waals surface area (Å²) in [5.74, 6) is -0.411. The highest BCUT2D eigenvalue weighted by Gasteiger charge is 2.36. The Balaban J connectivity index is 2.31. The molecule has 1 aliphatic heterocycles. The number of rotatable bonds is 5. The van der Waals surface area contributed by atoms with Gasteiger partial charge >= 0.3 is 0 Å². The van der Waals surface area contributed by atoms with E-state index in [-0.39, 0.29) is 24.1 Å². The zero-order valence-electron chi connectivity index (χ0n) is 9.58. The zero-order chi connectivity index (χ0) is 12.1. The molecule has 0 aliphatic carbocycles. The van der Waals surface area contributed by atoms with E-state index in [1.807, 2.05) is 0 Å². The fourth-order valence-corrected chi connectivity index (χ4v) is 1.66. The topological polar surface area (TPSA) is 78.5 Å². The van der Waals surface area contributed by atoms with Crippen LogP contribution in [0.2, 0.25) is 0 Å². The Kier molecular flexibility index (Phi) is 4.42. The Morgan fingerprint density at radius 1 is 1.44 bits per heavy atom. The third kappa shape index (κ3) is 3.03. The fourth-order valence-electron chi connectivity index (χ4n) is 1.66. The molecular formula is C10H17N3O3. The lowest BCUT2D eigenvalue weighted by molar-refractivity contribution is -0.138. The van der Waals surface area contributed by atoms with Crippen molar-refractivity contribution in [2.24, 2.45) is 0 Å². The van der Waals surface area contributed by atoms with Crippen LogP contribution in [0.4, 0.5) is 0 Å². The van der Waals surface area contributed by atoms with E-state index in [1.54, 1.807) is 6.92 Å². The largest absolute Gasteiger partial charge is 0.355 e. The van der Waals surface area contributed by atoms with Crippen molar-refractivity contribution in [3.8, 4) is 0 Å². The van der Waals surface area contributed by atoms with Crippen molar-refractivity contribution in [3.63, 3.8) is 0 Å². The summed E-state index contributed by atoms with van der Waals surface area (Å²) in [6.45, 7) is 4.57. The van der Waals surface area contributed by atoms with E-state index in [4.69, 9.17) is 0 Å². The molecule has 0 radical (unpaired) electrons. The maximum Gasteiger partial charge on any atom is 0.246 e. The van der Waals surface area contributed by atoms with Crippen LogP contribution in [-0.2, 0) is 14.4 Å². The first-order valence-electron chi connectivity index (χ1n) is 5.38. The van der Waals surface area contributed by atoms with Gasteiger partial charge in [0.1, 0.15) is 0 Å². The second-order valence-electron chi connectivity index (χ2n) is 3.67. The van der Waals surface area contributed by atoms with Crippen LogP contribution in [0.5, 0.6) is 0 Å². The van der Waals surface area contributed by atoms with E-state index in [0.717, 1.165) is 0 Å². The van der Waals surface area contributed by atoms with Crippen LogP contribution in [0.1, 0.15) is 20.3 Å². The maximum absolute atomic E-state index is 11.6. The van der Waals surface area contributed by atoms with Crippen molar-refractivity contribution in [1.82, 2.24) is 15.5 Å². The van der Waals surface area contributed by atoms with Crippen LogP contribution in [0.25, 0.3) is 0 Å². The molecule has 0 bridgehead atoms. The van der Waals surface area contributed by atoms with Crippen LogP contribution in [0, 0.1) is 0 Å². The fraction of sp³-hybridized carbons (Fsp3) is 0.700. The van der Waals surface area contributed by atoms with E-state index in [9.17, 15) is 14.4 Å². The Hall–Kier alpha value is -1.43. The average Bonchev–Trinajstić information content (AvgIpc) is 2.48. The predicted molar refractivity (Wildman–Crippen MR) is 57.5 cm³/mol. The average molecular weight is 227 g/mol. The summed E-state index contributed by atoms with van der Waals surface area (Å²) in [6.07, 6.45) is 0.215. The Labute approximate surface area is 94.4 Å². The van der Waals surface area contributed by atoms with Crippen LogP contribution in [-0.4, -0.2) is 48.3 Å². The minimum atomic E-state index is -0.429. The summed E-state index contributed by atoms with van der Waals surface area (Å²) in [5.41, 5.74) is 0. The molecule has 6 heteroatoms. The molecule has 6 nitrogen and oxygen atoms in total. The van der Waals surface area contributed by atoms with Crippen LogP contribution in [0.3, 0.4) is 0 Å². The minimum absolute atomic E-state index is 0.106. The molecule has 1 fully saturated rings. The molecular weight excluding hydrogens is 210 g/mol. The van der Waals surface area contributed by atoms with Crippen LogP contribution >= 0.6 is 0 Å². The summed E-state index contributed by atoms with van der Waals surface area (Å²) < 4.78 is 0. The number of imide groups is 1. The van der Waals surface area contributed by atoms with Gasteiger partial charge in [-0.3, -0.25) is 19.3 Å². The van der Waals surface area contributed by atoms with Gasteiger partial charge in [-0.25, -0.2) is 0 Å². The van der Waals surface area contributed by atoms with Crippen molar-refractivity contribution < 1.29 is 14.4 Å². The molecule has 1 atom stereocenters. The molecule has 1 unspecified atom stereocenters. The molecule has 0 aromatic heterocycles. The molecule has 0 aromatic rings. The van der Waals surface area contributed by atoms with E-state index >= 15 is 0 Å². The van der Waals surface area contributed by atoms with Gasteiger partial charge in [-0.2, -0.15) is 0 Å². The third-order valence-corrected chi connectivity index (χ3v) is 2.45. The second kappa shape index (κ2) is 5.60. The quantitative estimate of drug-likeness (QED) is 0.459. The number of hydrogen-bond acceptors (Lipinski definition) is 4. The first-order valence-corrected chi connectivity index (χ1v) is 5.38. The number of carbonyl (C=O) groups is 3. The second-order valence-corrected chi connectivity index (χ2v) is 3.67. The van der Waals surface area contributed by atoms with Crippen molar-refractivity contribution in [2.75, 3.05) is 19.6 Å². The highest BCUT2D eigenvalue weighted by atomic mass is 16.2. The van der Waals surface area contributed by atoms with Crippen molar-refractivity contribution in [3.05, 3.63) is 0 Å². The first kappa shape index (κ1) is 12.6. The van der Waals surface area contributed by atoms with E-state index in [0.29, 0.717) is 19.6 Å². The van der Waals surface area contributed by atoms with Gasteiger partial charge in [-0.1, -0.05) is 0 Å². The highest BCUT2D eigenvalue weighted by Crippen LogP contribution is 2.11. The Morgan fingerprint density at radius 2 is 2.12 bits per heavy atom. The molecule has 1 saturated heterocycles. The highest BCUT2D eigenvalue weighted by molar-refractivity contribution is 6.05. The van der Waals surface area contributed by atoms with Crippen molar-refractivity contribution in [2.45, 2.75) is 26.3 Å². The molecule has 0 spiro atoms. The van der Waals surface area contributed by atoms with Crippen LogP contribution in [0.15, 0.2) is 0 Å². The number of amides is 3. The standard InChI is InChI=1S/C10H17N3O3/c1-3-13-9(15)6-8(10(13)16)12-5-4-11-7(2)14/h8,12H,3-6H2,1-2H3,(H,11,14). The Morgan fingerprint density at radius 3 is 2.62 bits per heavy atom. The van der Waals surface area contributed by atoms with Gasteiger partial charge in [0.25, 0.3) is 0 Å². The van der Waals surface area contributed by atoms with Gasteiger partial charge in [0.2, 0.25) is 17.7 Å². The summed E-state index contributed by atoms with van der Waals surface area (Å²) >= 11 is 0. The number of nitrogens with one attached hydrogen (secondary N) is 2. The summed E-state index contributed by atoms with van der Waals surface area (Å²) in [6, 6.07) is -0.429. The normalized spacial score (nSPS) is 20.4. The summed E-state index contributed by atoms with van der Waals surface area (Å²) in [4.78, 5) is 34.8. The molecule has 3 amide bonds. The van der Waals surface area contributed by atoms with Gasteiger partial charge in [0.15, 0.2) is 0 Å². The predicted octanol–water partition coefficient (Wildman–Crippen LogP) is -1.14. The lowest BCUT2D eigenvalue weighted by atomic mass is 10.2. The number of carbonyl (C=O) groups excluding carboxylic acids is 3. The number of nitrogens with zero attached hydrogens (tertiary/aromatic N) is 1. The van der Waals surface area contributed by atoms with Gasteiger partial charge < -0.3 is 10.6 Å². The molecule has 16 heavy (non-hydrogen) atoms. The van der Waals surface area contributed by atoms with Gasteiger partial charge in [0, 0.05) is 26.6 Å². The first-order chi connectivity index (χ1) is 7.56. The molecule has 2 N–H and O–H groups in total. The zero-order valence-corrected chi connectivity index (χ0v) is 9.58. The van der Waals surface area contributed by atoms with E-state index < -0.39 is 6.04 Å². The van der Waals surface area contributed by atoms with E-state index in [1.165, 1.54) is 11.8 Å². The monoisotopic (exact) mass is 227 g/mol. The van der Waals surface area contributed by atoms with Crippen LogP contribution < -0.4 is 10.6 Å². The molecule has 1 heterocycles. The molecule has 90 valence electrons. The van der Waals surface area contributed by atoms with Gasteiger partial charge in [-0.05, 0) is 6.92 Å². The van der Waals surface area contributed by atoms with Gasteiger partial charge in [0.05, 0.1) is 12.5 Å². The molecule has 1 rings (SSSR count). The van der Waals surface area contributed by atoms with Crippen molar-refractivity contribution in [1.29, 1.82) is 0 Å². The number of likely N-dealkylation sites (tertiary alicyclic amines) is 1. The summed E-state index contributed by atoms with van der Waals surface area (Å²) in [7, 11) is 0. The lowest BCUT2D eigenvalue weighted by Gasteiger charge is -2.13. The minimum Gasteiger partial charge on any atom is -0.355 e. The lowest BCUT2D eigenvalue weighted by Crippen LogP contribution is -2.41. The van der Waals surface area contributed by atoms with Gasteiger partial charge in [-0.15, -0.1) is 0 Å². The maximum atomic E-state index is 11.6. The number of likely N-dealkylation sites (N-methyl/N-ethyl adjacent to an activating group) is 1.